The fourth-order valence-electron chi connectivity index (χ4n) is 2.30. The first kappa shape index (κ1) is 19.4. The van der Waals surface area contributed by atoms with Crippen LogP contribution in [0.3, 0.4) is 0 Å². The van der Waals surface area contributed by atoms with Crippen LogP contribution in [0.1, 0.15) is 32.3 Å². The molecule has 0 unspecified atom stereocenters. The molecular weight excluding hydrogens is 316 g/mol. The van der Waals surface area contributed by atoms with Crippen molar-refractivity contribution < 1.29 is 17.9 Å². The molecule has 0 heterocycles. The summed E-state index contributed by atoms with van der Waals surface area (Å²) in [6.07, 6.45) is 1.82. The van der Waals surface area contributed by atoms with Crippen LogP contribution >= 0.6 is 0 Å². The second kappa shape index (κ2) is 8.31. The van der Waals surface area contributed by atoms with E-state index in [4.69, 9.17) is 4.74 Å². The Kier molecular flexibility index (Phi) is 7.02. The number of aryl methyl sites for hydroxylation is 1. The van der Waals surface area contributed by atoms with E-state index in [-0.39, 0.29) is 23.4 Å². The lowest BCUT2D eigenvalue weighted by Gasteiger charge is -2.19. The molecule has 0 saturated heterocycles. The van der Waals surface area contributed by atoms with Gasteiger partial charge in [-0.1, -0.05) is 13.3 Å². The average molecular weight is 342 g/mol. The summed E-state index contributed by atoms with van der Waals surface area (Å²) >= 11 is 0. The maximum atomic E-state index is 12.5. The van der Waals surface area contributed by atoms with Gasteiger partial charge in [-0.25, -0.2) is 8.42 Å². The molecule has 0 saturated carbocycles. The van der Waals surface area contributed by atoms with Crippen LogP contribution in [0.4, 0.5) is 0 Å². The van der Waals surface area contributed by atoms with Crippen molar-refractivity contribution in [3.05, 3.63) is 23.8 Å². The summed E-state index contributed by atoms with van der Waals surface area (Å²) in [5.74, 6) is 0.319. The molecule has 1 amide bonds. The number of nitrogens with zero attached hydrogens (tertiary/aromatic N) is 1. The quantitative estimate of drug-likeness (QED) is 0.783. The van der Waals surface area contributed by atoms with Crippen LogP contribution in [-0.2, 0) is 14.8 Å². The number of carbonyl (C=O) groups excluding carboxylic acids is 1. The molecule has 0 radical (unpaired) electrons. The minimum Gasteiger partial charge on any atom is -0.496 e. The number of amides is 1. The van der Waals surface area contributed by atoms with Crippen LogP contribution in [0.25, 0.3) is 0 Å². The number of sulfonamides is 1. The summed E-state index contributed by atoms with van der Waals surface area (Å²) < 4.78 is 31.3. The molecule has 7 heteroatoms. The van der Waals surface area contributed by atoms with Crippen LogP contribution in [0.2, 0.25) is 0 Å². The Bertz CT molecular complexity index is 643. The highest BCUT2D eigenvalue weighted by molar-refractivity contribution is 7.89. The Morgan fingerprint density at radius 2 is 2.04 bits per heavy atom. The van der Waals surface area contributed by atoms with E-state index in [1.807, 2.05) is 13.8 Å². The summed E-state index contributed by atoms with van der Waals surface area (Å²) in [5.41, 5.74) is 0.725. The molecule has 0 aromatic heterocycles. The van der Waals surface area contributed by atoms with Crippen molar-refractivity contribution in [3.8, 4) is 5.75 Å². The molecule has 0 spiro atoms. The predicted molar refractivity (Wildman–Crippen MR) is 90.1 cm³/mol. The number of nitrogens with one attached hydrogen (secondary N) is 1. The zero-order valence-corrected chi connectivity index (χ0v) is 15.2. The third kappa shape index (κ3) is 5.21. The van der Waals surface area contributed by atoms with E-state index >= 15 is 0 Å². The van der Waals surface area contributed by atoms with Crippen LogP contribution in [0.15, 0.2) is 23.1 Å². The van der Waals surface area contributed by atoms with E-state index in [2.05, 4.69) is 5.32 Å². The standard InChI is InChI=1S/C16H26N2O4S/c1-6-7-13(3)17-16(19)11-18(4)23(20,21)14-8-9-15(22-5)12(2)10-14/h8-10,13H,6-7,11H2,1-5H3,(H,17,19)/t13-/m0/s1. The highest BCUT2D eigenvalue weighted by atomic mass is 32.2. The summed E-state index contributed by atoms with van der Waals surface area (Å²) in [6.45, 7) is 5.51. The lowest BCUT2D eigenvalue weighted by molar-refractivity contribution is -0.121. The van der Waals surface area contributed by atoms with E-state index < -0.39 is 10.0 Å². The van der Waals surface area contributed by atoms with Gasteiger partial charge in [0.2, 0.25) is 15.9 Å². The van der Waals surface area contributed by atoms with Crippen molar-refractivity contribution in [3.63, 3.8) is 0 Å². The van der Waals surface area contributed by atoms with Crippen LogP contribution in [0, 0.1) is 6.92 Å². The minimum atomic E-state index is -3.71. The third-order valence-electron chi connectivity index (χ3n) is 3.57. The van der Waals surface area contributed by atoms with Gasteiger partial charge >= 0.3 is 0 Å². The lowest BCUT2D eigenvalue weighted by Crippen LogP contribution is -2.41. The molecule has 0 aliphatic heterocycles. The van der Waals surface area contributed by atoms with Crippen molar-refractivity contribution in [1.82, 2.24) is 9.62 Å². The Morgan fingerprint density at radius 3 is 2.57 bits per heavy atom. The number of hydrogen-bond acceptors (Lipinski definition) is 4. The number of rotatable bonds is 8. The van der Waals surface area contributed by atoms with E-state index in [1.165, 1.54) is 20.2 Å². The van der Waals surface area contributed by atoms with E-state index in [0.717, 1.165) is 22.7 Å². The summed E-state index contributed by atoms with van der Waals surface area (Å²) in [7, 11) is -0.779. The van der Waals surface area contributed by atoms with Gasteiger partial charge in [-0.15, -0.1) is 0 Å². The predicted octanol–water partition coefficient (Wildman–Crippen LogP) is 1.93. The van der Waals surface area contributed by atoms with Gasteiger partial charge in [-0.2, -0.15) is 4.31 Å². The van der Waals surface area contributed by atoms with Crippen molar-refractivity contribution in [2.24, 2.45) is 0 Å². The fraction of sp³-hybridized carbons (Fsp3) is 0.562. The van der Waals surface area contributed by atoms with Crippen LogP contribution in [0.5, 0.6) is 5.75 Å². The molecule has 6 nitrogen and oxygen atoms in total. The molecule has 1 N–H and O–H groups in total. The van der Waals surface area contributed by atoms with Gasteiger partial charge in [-0.3, -0.25) is 4.79 Å². The molecule has 130 valence electrons. The molecule has 23 heavy (non-hydrogen) atoms. The highest BCUT2D eigenvalue weighted by Crippen LogP contribution is 2.23. The normalized spacial score (nSPS) is 13.0. The molecule has 1 aromatic rings. The SMILES string of the molecule is CCC[C@H](C)NC(=O)CN(C)S(=O)(=O)c1ccc(OC)c(C)c1. The Hall–Kier alpha value is -1.60. The first-order chi connectivity index (χ1) is 10.7. The van der Waals surface area contributed by atoms with E-state index in [0.29, 0.717) is 5.75 Å². The molecule has 1 rings (SSSR count). The number of ether oxygens (including phenoxy) is 1. The maximum absolute atomic E-state index is 12.5. The molecule has 1 aromatic carbocycles. The zero-order chi connectivity index (χ0) is 17.6. The summed E-state index contributed by atoms with van der Waals surface area (Å²) in [5, 5.41) is 2.80. The highest BCUT2D eigenvalue weighted by Gasteiger charge is 2.24. The smallest absolute Gasteiger partial charge is 0.243 e. The Balaban J connectivity index is 2.83. The van der Waals surface area contributed by atoms with Crippen molar-refractivity contribution in [1.29, 1.82) is 0 Å². The second-order valence-corrected chi connectivity index (χ2v) is 7.69. The molecule has 0 aliphatic carbocycles. The third-order valence-corrected chi connectivity index (χ3v) is 5.37. The van der Waals surface area contributed by atoms with Gasteiger partial charge in [-0.05, 0) is 44.0 Å². The van der Waals surface area contributed by atoms with Crippen LogP contribution in [-0.4, -0.2) is 45.4 Å². The monoisotopic (exact) mass is 342 g/mol. The van der Waals surface area contributed by atoms with E-state index in [9.17, 15) is 13.2 Å². The minimum absolute atomic E-state index is 0.0341. The molecular formula is C16H26N2O4S. The largest absolute Gasteiger partial charge is 0.496 e. The summed E-state index contributed by atoms with van der Waals surface area (Å²) in [6, 6.07) is 4.67. The van der Waals surface area contributed by atoms with Crippen molar-refractivity contribution in [2.75, 3.05) is 20.7 Å². The molecule has 1 atom stereocenters. The number of likely N-dealkylation sites (N-methyl/N-ethyl adjacent to an activating group) is 1. The molecule has 0 bridgehead atoms. The Morgan fingerprint density at radius 1 is 1.39 bits per heavy atom. The van der Waals surface area contributed by atoms with Gasteiger partial charge < -0.3 is 10.1 Å². The first-order valence-corrected chi connectivity index (χ1v) is 9.06. The average Bonchev–Trinajstić information content (AvgIpc) is 2.46. The van der Waals surface area contributed by atoms with Crippen molar-refractivity contribution >= 4 is 15.9 Å². The zero-order valence-electron chi connectivity index (χ0n) is 14.4. The number of carbonyl (C=O) groups is 1. The van der Waals surface area contributed by atoms with Gasteiger partial charge in [0.1, 0.15) is 5.75 Å². The van der Waals surface area contributed by atoms with Crippen molar-refractivity contribution in [2.45, 2.75) is 44.6 Å². The Labute approximate surface area is 138 Å². The van der Waals surface area contributed by atoms with Gasteiger partial charge in [0.25, 0.3) is 0 Å². The number of benzene rings is 1. The lowest BCUT2D eigenvalue weighted by atomic mass is 10.2. The topological polar surface area (TPSA) is 75.7 Å². The van der Waals surface area contributed by atoms with Crippen LogP contribution < -0.4 is 10.1 Å². The maximum Gasteiger partial charge on any atom is 0.243 e. The van der Waals surface area contributed by atoms with E-state index in [1.54, 1.807) is 19.1 Å². The molecule has 0 fully saturated rings. The molecule has 0 aliphatic rings. The number of methoxy groups -OCH3 is 1. The van der Waals surface area contributed by atoms with Gasteiger partial charge in [0, 0.05) is 13.1 Å². The first-order valence-electron chi connectivity index (χ1n) is 7.62. The fourth-order valence-corrected chi connectivity index (χ4v) is 3.52. The number of hydrogen-bond donors (Lipinski definition) is 1. The van der Waals surface area contributed by atoms with Gasteiger partial charge in [0.05, 0.1) is 18.6 Å². The van der Waals surface area contributed by atoms with Gasteiger partial charge in [0.15, 0.2) is 0 Å². The second-order valence-electron chi connectivity index (χ2n) is 5.65. The summed E-state index contributed by atoms with van der Waals surface area (Å²) in [4.78, 5) is 12.1.